The van der Waals surface area contributed by atoms with Crippen LogP contribution >= 0.6 is 11.3 Å². The lowest BCUT2D eigenvalue weighted by Crippen LogP contribution is -2.51. The van der Waals surface area contributed by atoms with Gasteiger partial charge in [0.15, 0.2) is 0 Å². The SMILES string of the molecule is O=C(CCc1ccccc1)NC1CCN(C(=O)C2CCCN(C(=O)c3cccs3)C2)CC1. The van der Waals surface area contributed by atoms with Crippen LogP contribution in [0.25, 0.3) is 0 Å². The number of amides is 3. The van der Waals surface area contributed by atoms with Gasteiger partial charge in [-0.05, 0) is 49.1 Å². The largest absolute Gasteiger partial charge is 0.353 e. The summed E-state index contributed by atoms with van der Waals surface area (Å²) in [4.78, 5) is 42.6. The van der Waals surface area contributed by atoms with Crippen LogP contribution in [-0.4, -0.2) is 59.7 Å². The van der Waals surface area contributed by atoms with E-state index < -0.39 is 0 Å². The molecule has 6 nitrogen and oxygen atoms in total. The summed E-state index contributed by atoms with van der Waals surface area (Å²) in [6.07, 6.45) is 4.50. The van der Waals surface area contributed by atoms with Crippen molar-refractivity contribution in [3.05, 3.63) is 58.3 Å². The number of carbonyl (C=O) groups excluding carboxylic acids is 3. The molecule has 0 spiro atoms. The van der Waals surface area contributed by atoms with Gasteiger partial charge in [0.05, 0.1) is 10.8 Å². The van der Waals surface area contributed by atoms with E-state index >= 15 is 0 Å². The molecule has 7 heteroatoms. The first-order valence-electron chi connectivity index (χ1n) is 11.5. The fourth-order valence-corrected chi connectivity index (χ4v) is 5.31. The van der Waals surface area contributed by atoms with Gasteiger partial charge < -0.3 is 15.1 Å². The second kappa shape index (κ2) is 10.8. The second-order valence-electron chi connectivity index (χ2n) is 8.72. The molecule has 2 saturated heterocycles. The minimum Gasteiger partial charge on any atom is -0.353 e. The van der Waals surface area contributed by atoms with E-state index in [1.807, 2.05) is 57.6 Å². The molecule has 0 saturated carbocycles. The van der Waals surface area contributed by atoms with Crippen molar-refractivity contribution in [1.82, 2.24) is 15.1 Å². The predicted molar refractivity (Wildman–Crippen MR) is 125 cm³/mol. The molecule has 4 rings (SSSR count). The van der Waals surface area contributed by atoms with Crippen LogP contribution in [0.4, 0.5) is 0 Å². The Bertz CT molecular complexity index is 908. The Balaban J connectivity index is 1.21. The number of piperidine rings is 2. The van der Waals surface area contributed by atoms with E-state index in [0.29, 0.717) is 26.1 Å². The van der Waals surface area contributed by atoms with Crippen molar-refractivity contribution in [1.29, 1.82) is 0 Å². The normalized spacial score (nSPS) is 19.6. The van der Waals surface area contributed by atoms with Crippen molar-refractivity contribution in [3.8, 4) is 0 Å². The summed E-state index contributed by atoms with van der Waals surface area (Å²) in [5, 5.41) is 5.04. The lowest BCUT2D eigenvalue weighted by Gasteiger charge is -2.38. The lowest BCUT2D eigenvalue weighted by atomic mass is 9.94. The number of hydrogen-bond acceptors (Lipinski definition) is 4. The van der Waals surface area contributed by atoms with Crippen LogP contribution in [0.15, 0.2) is 47.8 Å². The molecule has 3 amide bonds. The van der Waals surface area contributed by atoms with E-state index in [2.05, 4.69) is 5.32 Å². The van der Waals surface area contributed by atoms with E-state index in [1.54, 1.807) is 0 Å². The molecule has 1 atom stereocenters. The fraction of sp³-hybridized carbons (Fsp3) is 0.480. The van der Waals surface area contributed by atoms with Crippen molar-refractivity contribution in [3.63, 3.8) is 0 Å². The number of likely N-dealkylation sites (tertiary alicyclic amines) is 2. The highest BCUT2D eigenvalue weighted by molar-refractivity contribution is 7.12. The maximum Gasteiger partial charge on any atom is 0.263 e. The average molecular weight is 454 g/mol. The molecule has 2 aliphatic heterocycles. The summed E-state index contributed by atoms with van der Waals surface area (Å²) in [6.45, 7) is 2.55. The summed E-state index contributed by atoms with van der Waals surface area (Å²) in [5.74, 6) is 0.148. The second-order valence-corrected chi connectivity index (χ2v) is 9.67. The van der Waals surface area contributed by atoms with Crippen LogP contribution in [0.3, 0.4) is 0 Å². The quantitative estimate of drug-likeness (QED) is 0.729. The number of carbonyl (C=O) groups is 3. The highest BCUT2D eigenvalue weighted by Gasteiger charge is 2.33. The van der Waals surface area contributed by atoms with Gasteiger partial charge in [0.1, 0.15) is 0 Å². The first-order chi connectivity index (χ1) is 15.6. The van der Waals surface area contributed by atoms with Gasteiger partial charge in [0.25, 0.3) is 5.91 Å². The Hall–Kier alpha value is -2.67. The van der Waals surface area contributed by atoms with Crippen molar-refractivity contribution in [2.45, 2.75) is 44.6 Å². The van der Waals surface area contributed by atoms with Gasteiger partial charge in [0, 0.05) is 38.6 Å². The van der Waals surface area contributed by atoms with Crippen LogP contribution in [-0.2, 0) is 16.0 Å². The van der Waals surface area contributed by atoms with Gasteiger partial charge in [-0.3, -0.25) is 14.4 Å². The zero-order chi connectivity index (χ0) is 22.3. The molecule has 0 bridgehead atoms. The maximum absolute atomic E-state index is 13.1. The summed E-state index contributed by atoms with van der Waals surface area (Å²) >= 11 is 1.45. The molecule has 1 N–H and O–H groups in total. The lowest BCUT2D eigenvalue weighted by molar-refractivity contribution is -0.138. The highest BCUT2D eigenvalue weighted by atomic mass is 32.1. The molecule has 1 aromatic carbocycles. The Labute approximate surface area is 193 Å². The Morgan fingerprint density at radius 2 is 1.72 bits per heavy atom. The Morgan fingerprint density at radius 3 is 2.44 bits per heavy atom. The number of nitrogens with zero attached hydrogens (tertiary/aromatic N) is 2. The molecular weight excluding hydrogens is 422 g/mol. The van der Waals surface area contributed by atoms with Crippen LogP contribution in [0.1, 0.15) is 47.3 Å². The third-order valence-electron chi connectivity index (χ3n) is 6.45. The maximum atomic E-state index is 13.1. The van der Waals surface area contributed by atoms with Crippen LogP contribution in [0.5, 0.6) is 0 Å². The molecule has 2 aromatic rings. The standard InChI is InChI=1S/C25H31N3O3S/c29-23(11-10-19-6-2-1-3-7-19)26-21-12-15-27(16-13-21)24(30)20-8-4-14-28(18-20)25(31)22-9-5-17-32-22/h1-3,5-7,9,17,20-21H,4,8,10-16,18H2,(H,26,29). The first-order valence-corrected chi connectivity index (χ1v) is 12.4. The molecule has 1 unspecified atom stereocenters. The van der Waals surface area contributed by atoms with E-state index in [-0.39, 0.29) is 29.7 Å². The van der Waals surface area contributed by atoms with Gasteiger partial charge >= 0.3 is 0 Å². The Morgan fingerprint density at radius 1 is 0.938 bits per heavy atom. The monoisotopic (exact) mass is 453 g/mol. The average Bonchev–Trinajstić information content (AvgIpc) is 3.38. The smallest absolute Gasteiger partial charge is 0.263 e. The minimum atomic E-state index is -0.121. The fourth-order valence-electron chi connectivity index (χ4n) is 4.62. The van der Waals surface area contributed by atoms with E-state index in [0.717, 1.165) is 43.5 Å². The molecule has 0 aliphatic carbocycles. The molecule has 2 fully saturated rings. The predicted octanol–water partition coefficient (Wildman–Crippen LogP) is 3.34. The molecule has 2 aliphatic rings. The van der Waals surface area contributed by atoms with Gasteiger partial charge in [-0.2, -0.15) is 0 Å². The number of benzene rings is 1. The summed E-state index contributed by atoms with van der Waals surface area (Å²) in [7, 11) is 0. The molecule has 3 heterocycles. The number of thiophene rings is 1. The number of hydrogen-bond donors (Lipinski definition) is 1. The van der Waals surface area contributed by atoms with E-state index in [9.17, 15) is 14.4 Å². The van der Waals surface area contributed by atoms with E-state index in [1.165, 1.54) is 16.9 Å². The van der Waals surface area contributed by atoms with Crippen LogP contribution < -0.4 is 5.32 Å². The molecule has 170 valence electrons. The number of aryl methyl sites for hydroxylation is 1. The number of nitrogens with one attached hydrogen (secondary N) is 1. The topological polar surface area (TPSA) is 69.7 Å². The van der Waals surface area contributed by atoms with Crippen molar-refractivity contribution in [2.75, 3.05) is 26.2 Å². The van der Waals surface area contributed by atoms with E-state index in [4.69, 9.17) is 0 Å². The van der Waals surface area contributed by atoms with Crippen molar-refractivity contribution >= 4 is 29.1 Å². The molecule has 32 heavy (non-hydrogen) atoms. The zero-order valence-electron chi connectivity index (χ0n) is 18.4. The summed E-state index contributed by atoms with van der Waals surface area (Å²) in [6, 6.07) is 13.9. The van der Waals surface area contributed by atoms with Gasteiger partial charge in [-0.15, -0.1) is 11.3 Å². The van der Waals surface area contributed by atoms with Crippen molar-refractivity contribution < 1.29 is 14.4 Å². The summed E-state index contributed by atoms with van der Waals surface area (Å²) in [5.41, 5.74) is 1.17. The highest BCUT2D eigenvalue weighted by Crippen LogP contribution is 2.23. The minimum absolute atomic E-state index is 0.0365. The molecular formula is C25H31N3O3S. The summed E-state index contributed by atoms with van der Waals surface area (Å²) < 4.78 is 0. The zero-order valence-corrected chi connectivity index (χ0v) is 19.2. The van der Waals surface area contributed by atoms with Crippen LogP contribution in [0.2, 0.25) is 0 Å². The Kier molecular flexibility index (Phi) is 7.58. The first kappa shape index (κ1) is 22.5. The molecule has 0 radical (unpaired) electrons. The third kappa shape index (κ3) is 5.76. The van der Waals surface area contributed by atoms with Crippen LogP contribution in [0, 0.1) is 5.92 Å². The van der Waals surface area contributed by atoms with Gasteiger partial charge in [-0.1, -0.05) is 36.4 Å². The third-order valence-corrected chi connectivity index (χ3v) is 7.30. The van der Waals surface area contributed by atoms with Gasteiger partial charge in [-0.25, -0.2) is 0 Å². The van der Waals surface area contributed by atoms with Crippen molar-refractivity contribution in [2.24, 2.45) is 5.92 Å². The molecule has 1 aromatic heterocycles. The van der Waals surface area contributed by atoms with Gasteiger partial charge in [0.2, 0.25) is 11.8 Å². The number of rotatable bonds is 6.